The van der Waals surface area contributed by atoms with Gasteiger partial charge in [0.15, 0.2) is 5.82 Å². The first kappa shape index (κ1) is 25.8. The largest absolute Gasteiger partial charge is 0.416 e. The summed E-state index contributed by atoms with van der Waals surface area (Å²) in [5, 5.41) is 9.83. The van der Waals surface area contributed by atoms with Crippen LogP contribution in [0.3, 0.4) is 0 Å². The summed E-state index contributed by atoms with van der Waals surface area (Å²) in [6, 6.07) is 17.7. The van der Waals surface area contributed by atoms with Gasteiger partial charge in [0, 0.05) is 24.7 Å². The Bertz CT molecular complexity index is 1550. The van der Waals surface area contributed by atoms with Crippen LogP contribution in [0.5, 0.6) is 0 Å². The minimum absolute atomic E-state index is 0.0399. The summed E-state index contributed by atoms with van der Waals surface area (Å²) in [7, 11) is 0. The Kier molecular flexibility index (Phi) is 6.66. The number of amides is 1. The van der Waals surface area contributed by atoms with Crippen LogP contribution in [-0.4, -0.2) is 22.3 Å². The van der Waals surface area contributed by atoms with Gasteiger partial charge < -0.3 is 9.88 Å². The second-order valence-electron chi connectivity index (χ2n) is 9.55. The number of fused-ring (bicyclic) bond motifs is 1. The van der Waals surface area contributed by atoms with Crippen LogP contribution in [0.2, 0.25) is 5.02 Å². The molecular formula is C29H22ClF4N3O. The topological polar surface area (TPSA) is 59.9 Å². The molecule has 4 aromatic rings. The molecule has 0 spiro atoms. The molecule has 1 amide bonds. The molecule has 5 rings (SSSR count). The number of nitrogens with zero attached hydrogens (tertiary/aromatic N) is 2. The summed E-state index contributed by atoms with van der Waals surface area (Å²) < 4.78 is 54.8. The number of H-pyrrole nitrogens is 1. The van der Waals surface area contributed by atoms with Crippen molar-refractivity contribution in [1.82, 2.24) is 9.88 Å². The minimum Gasteiger partial charge on any atom is -0.360 e. The summed E-state index contributed by atoms with van der Waals surface area (Å²) in [6.45, 7) is 0.129. The van der Waals surface area contributed by atoms with Crippen LogP contribution in [0.1, 0.15) is 45.5 Å². The number of hydrogen-bond donors (Lipinski definition) is 1. The standard InChI is InChI=1S/C29H22ClF4N3O/c30-23-15-20-8-12-36-26(20)24(25(23)31)27(38)37(13-9-18-2-1-3-22(14-18)29(32,33)34)16-19-4-6-21(7-5-19)28(17-35)10-11-28/h1-8,12,14-15,36H,9-11,13,16H2. The van der Waals surface area contributed by atoms with Gasteiger partial charge in [0.1, 0.15) is 5.56 Å². The predicted molar refractivity (Wildman–Crippen MR) is 136 cm³/mol. The Hall–Kier alpha value is -3.83. The molecule has 9 heteroatoms. The van der Waals surface area contributed by atoms with Crippen LogP contribution >= 0.6 is 11.6 Å². The summed E-state index contributed by atoms with van der Waals surface area (Å²) in [5.41, 5.74) is 0.879. The molecule has 0 saturated heterocycles. The number of benzene rings is 3. The summed E-state index contributed by atoms with van der Waals surface area (Å²) in [5.74, 6) is -1.50. The first-order valence-corrected chi connectivity index (χ1v) is 12.4. The van der Waals surface area contributed by atoms with Crippen molar-refractivity contribution in [2.75, 3.05) is 6.54 Å². The lowest BCUT2D eigenvalue weighted by molar-refractivity contribution is -0.137. The van der Waals surface area contributed by atoms with E-state index in [9.17, 15) is 23.2 Å². The number of alkyl halides is 3. The first-order chi connectivity index (χ1) is 18.1. The second kappa shape index (κ2) is 9.80. The SMILES string of the molecule is N#CC1(c2ccc(CN(CCc3cccc(C(F)(F)F)c3)C(=O)c3c(F)c(Cl)cc4cc[nH]c34)cc2)CC1. The molecule has 1 N–H and O–H groups in total. The Morgan fingerprint density at radius 1 is 1.08 bits per heavy atom. The molecule has 1 aromatic heterocycles. The van der Waals surface area contributed by atoms with Crippen LogP contribution in [0.25, 0.3) is 10.9 Å². The monoisotopic (exact) mass is 539 g/mol. The third-order valence-electron chi connectivity index (χ3n) is 7.01. The molecule has 0 aliphatic heterocycles. The van der Waals surface area contributed by atoms with Gasteiger partial charge in [-0.3, -0.25) is 4.79 Å². The van der Waals surface area contributed by atoms with E-state index >= 15 is 4.39 Å². The molecule has 1 fully saturated rings. The van der Waals surface area contributed by atoms with Gasteiger partial charge in [0.25, 0.3) is 5.91 Å². The van der Waals surface area contributed by atoms with E-state index in [4.69, 9.17) is 11.6 Å². The molecule has 0 unspecified atom stereocenters. The Balaban J connectivity index is 1.46. The number of rotatable bonds is 7. The zero-order chi connectivity index (χ0) is 27.1. The van der Waals surface area contributed by atoms with E-state index in [1.54, 1.807) is 18.3 Å². The van der Waals surface area contributed by atoms with Crippen LogP contribution < -0.4 is 0 Å². The Labute approximate surface area is 221 Å². The number of nitriles is 1. The molecule has 1 aliphatic rings. The van der Waals surface area contributed by atoms with E-state index in [0.717, 1.165) is 36.1 Å². The van der Waals surface area contributed by atoms with Crippen molar-refractivity contribution in [3.8, 4) is 6.07 Å². The number of carbonyl (C=O) groups is 1. The van der Waals surface area contributed by atoms with Gasteiger partial charge in [-0.25, -0.2) is 4.39 Å². The van der Waals surface area contributed by atoms with Gasteiger partial charge in [0.05, 0.1) is 27.6 Å². The smallest absolute Gasteiger partial charge is 0.360 e. The zero-order valence-corrected chi connectivity index (χ0v) is 20.8. The number of halogens is 5. The molecule has 1 saturated carbocycles. The summed E-state index contributed by atoms with van der Waals surface area (Å²) in [4.78, 5) is 18.0. The number of carbonyl (C=O) groups excluding carboxylic acids is 1. The number of aromatic amines is 1. The molecule has 1 aliphatic carbocycles. The highest BCUT2D eigenvalue weighted by Crippen LogP contribution is 2.47. The molecule has 3 aromatic carbocycles. The summed E-state index contributed by atoms with van der Waals surface area (Å²) in [6.07, 6.45) is -1.19. The minimum atomic E-state index is -4.49. The molecule has 0 atom stereocenters. The third-order valence-corrected chi connectivity index (χ3v) is 7.29. The Morgan fingerprint density at radius 3 is 2.47 bits per heavy atom. The number of nitrogens with one attached hydrogen (secondary N) is 1. The fourth-order valence-corrected chi connectivity index (χ4v) is 4.88. The van der Waals surface area contributed by atoms with E-state index in [0.29, 0.717) is 16.5 Å². The van der Waals surface area contributed by atoms with E-state index in [-0.39, 0.29) is 30.1 Å². The van der Waals surface area contributed by atoms with Gasteiger partial charge in [-0.2, -0.15) is 18.4 Å². The molecule has 194 valence electrons. The van der Waals surface area contributed by atoms with Gasteiger partial charge in [-0.05, 0) is 54.2 Å². The molecule has 1 heterocycles. The van der Waals surface area contributed by atoms with Gasteiger partial charge >= 0.3 is 6.18 Å². The summed E-state index contributed by atoms with van der Waals surface area (Å²) >= 11 is 6.08. The van der Waals surface area contributed by atoms with Crippen LogP contribution in [-0.2, 0) is 24.6 Å². The predicted octanol–water partition coefficient (Wildman–Crippen LogP) is 7.42. The lowest BCUT2D eigenvalue weighted by Crippen LogP contribution is -2.33. The van der Waals surface area contributed by atoms with Crippen molar-refractivity contribution < 1.29 is 22.4 Å². The second-order valence-corrected chi connectivity index (χ2v) is 9.96. The lowest BCUT2D eigenvalue weighted by atomic mass is 9.96. The van der Waals surface area contributed by atoms with Crippen molar-refractivity contribution in [3.05, 3.63) is 106 Å². The number of aromatic nitrogens is 1. The van der Waals surface area contributed by atoms with E-state index in [1.807, 2.05) is 24.3 Å². The average Bonchev–Trinajstić information content (AvgIpc) is 3.57. The highest BCUT2D eigenvalue weighted by Gasteiger charge is 2.44. The highest BCUT2D eigenvalue weighted by molar-refractivity contribution is 6.32. The molecule has 0 radical (unpaired) electrons. The van der Waals surface area contributed by atoms with Crippen LogP contribution in [0.15, 0.2) is 66.9 Å². The van der Waals surface area contributed by atoms with Crippen LogP contribution in [0, 0.1) is 17.1 Å². The van der Waals surface area contributed by atoms with Gasteiger partial charge in [-0.15, -0.1) is 0 Å². The fourth-order valence-electron chi connectivity index (χ4n) is 4.67. The quantitative estimate of drug-likeness (QED) is 0.248. The molecular weight excluding hydrogens is 518 g/mol. The van der Waals surface area contributed by atoms with Crippen molar-refractivity contribution in [2.45, 2.75) is 37.4 Å². The maximum absolute atomic E-state index is 15.2. The van der Waals surface area contributed by atoms with E-state index < -0.39 is 28.9 Å². The number of hydrogen-bond acceptors (Lipinski definition) is 2. The first-order valence-electron chi connectivity index (χ1n) is 12.0. The molecule has 0 bridgehead atoms. The maximum atomic E-state index is 15.2. The average molecular weight is 540 g/mol. The van der Waals surface area contributed by atoms with Crippen molar-refractivity contribution in [2.24, 2.45) is 0 Å². The lowest BCUT2D eigenvalue weighted by Gasteiger charge is -2.24. The van der Waals surface area contributed by atoms with E-state index in [2.05, 4.69) is 11.1 Å². The Morgan fingerprint density at radius 2 is 1.82 bits per heavy atom. The van der Waals surface area contributed by atoms with Crippen molar-refractivity contribution in [1.29, 1.82) is 5.26 Å². The zero-order valence-electron chi connectivity index (χ0n) is 20.1. The maximum Gasteiger partial charge on any atom is 0.416 e. The molecule has 4 nitrogen and oxygen atoms in total. The normalized spacial score (nSPS) is 14.3. The highest BCUT2D eigenvalue weighted by atomic mass is 35.5. The van der Waals surface area contributed by atoms with Gasteiger partial charge in [0.2, 0.25) is 0 Å². The van der Waals surface area contributed by atoms with Crippen LogP contribution in [0.4, 0.5) is 17.6 Å². The van der Waals surface area contributed by atoms with Crippen molar-refractivity contribution >= 4 is 28.4 Å². The van der Waals surface area contributed by atoms with E-state index in [1.165, 1.54) is 17.0 Å². The molecule has 38 heavy (non-hydrogen) atoms. The van der Waals surface area contributed by atoms with Gasteiger partial charge in [-0.1, -0.05) is 54.1 Å². The van der Waals surface area contributed by atoms with Crippen molar-refractivity contribution in [3.63, 3.8) is 0 Å². The fraction of sp³-hybridized carbons (Fsp3) is 0.241. The third kappa shape index (κ3) is 4.99.